The van der Waals surface area contributed by atoms with Crippen molar-refractivity contribution in [2.75, 3.05) is 12.3 Å². The minimum atomic E-state index is -2.70. The van der Waals surface area contributed by atoms with Crippen molar-refractivity contribution in [2.24, 2.45) is 5.92 Å². The van der Waals surface area contributed by atoms with Gasteiger partial charge in [-0.2, -0.15) is 0 Å². The van der Waals surface area contributed by atoms with Crippen molar-refractivity contribution in [3.8, 4) is 0 Å². The van der Waals surface area contributed by atoms with Gasteiger partial charge in [-0.1, -0.05) is 12.1 Å². The van der Waals surface area contributed by atoms with Gasteiger partial charge in [-0.15, -0.1) is 0 Å². The van der Waals surface area contributed by atoms with Gasteiger partial charge in [0.05, 0.1) is 6.54 Å². The Labute approximate surface area is 117 Å². The molecule has 108 valence electrons. The molecule has 0 spiro atoms. The summed E-state index contributed by atoms with van der Waals surface area (Å²) in [6.45, 7) is 1.50. The van der Waals surface area contributed by atoms with Crippen LogP contribution in [0.1, 0.15) is 30.4 Å². The van der Waals surface area contributed by atoms with Crippen LogP contribution in [-0.2, 0) is 0 Å². The van der Waals surface area contributed by atoms with Crippen LogP contribution in [0.4, 0.5) is 14.5 Å². The molecule has 20 heavy (non-hydrogen) atoms. The molecule has 1 aliphatic carbocycles. The van der Waals surface area contributed by atoms with Crippen molar-refractivity contribution in [1.29, 1.82) is 5.41 Å². The van der Waals surface area contributed by atoms with Crippen molar-refractivity contribution in [3.63, 3.8) is 0 Å². The van der Waals surface area contributed by atoms with Gasteiger partial charge in [0.15, 0.2) is 0 Å². The number of anilines is 1. The van der Waals surface area contributed by atoms with Gasteiger partial charge in [-0.3, -0.25) is 5.41 Å². The number of nitrogen functional groups attached to an aromatic ring is 1. The molecule has 0 amide bonds. The Bertz CT molecular complexity index is 532. The van der Waals surface area contributed by atoms with Crippen LogP contribution in [0, 0.1) is 18.3 Å². The molecule has 1 aliphatic heterocycles. The van der Waals surface area contributed by atoms with Gasteiger partial charge in [0.2, 0.25) is 0 Å². The second kappa shape index (κ2) is 4.43. The smallest absolute Gasteiger partial charge is 0.267 e. The first-order chi connectivity index (χ1) is 9.39. The molecule has 2 fully saturated rings. The third-order valence-corrected chi connectivity index (χ3v) is 4.30. The lowest BCUT2D eigenvalue weighted by molar-refractivity contribution is 0.0162. The first-order valence-electron chi connectivity index (χ1n) is 6.97. The summed E-state index contributed by atoms with van der Waals surface area (Å²) < 4.78 is 27.5. The summed E-state index contributed by atoms with van der Waals surface area (Å²) in [5, 5.41) is 8.35. The third-order valence-electron chi connectivity index (χ3n) is 4.30. The van der Waals surface area contributed by atoms with Crippen LogP contribution in [0.15, 0.2) is 18.2 Å². The highest BCUT2D eigenvalue weighted by molar-refractivity contribution is 6.02. The number of benzene rings is 1. The van der Waals surface area contributed by atoms with Gasteiger partial charge in [-0.25, -0.2) is 8.78 Å². The van der Waals surface area contributed by atoms with Gasteiger partial charge >= 0.3 is 0 Å². The average molecular weight is 279 g/mol. The molecule has 1 unspecified atom stereocenters. The van der Waals surface area contributed by atoms with E-state index in [0.29, 0.717) is 17.2 Å². The molecule has 3 nitrogen and oxygen atoms in total. The second-order valence-corrected chi connectivity index (χ2v) is 5.98. The number of hydrogen-bond donors (Lipinski definition) is 2. The van der Waals surface area contributed by atoms with Gasteiger partial charge in [-0.05, 0) is 37.3 Å². The normalized spacial score (nSPS) is 24.9. The molecular weight excluding hydrogens is 260 g/mol. The van der Waals surface area contributed by atoms with Gasteiger partial charge in [0, 0.05) is 23.7 Å². The van der Waals surface area contributed by atoms with E-state index < -0.39 is 5.92 Å². The molecule has 0 aromatic heterocycles. The average Bonchev–Trinajstić information content (AvgIpc) is 3.13. The van der Waals surface area contributed by atoms with Crippen LogP contribution in [0.3, 0.4) is 0 Å². The maximum atomic E-state index is 13.7. The lowest BCUT2D eigenvalue weighted by Gasteiger charge is -2.27. The lowest BCUT2D eigenvalue weighted by Crippen LogP contribution is -2.38. The summed E-state index contributed by atoms with van der Waals surface area (Å²) in [6.07, 6.45) is 1.85. The first kappa shape index (κ1) is 13.3. The fraction of sp³-hybridized carbons (Fsp3) is 0.533. The van der Waals surface area contributed by atoms with Crippen LogP contribution in [0.25, 0.3) is 0 Å². The summed E-state index contributed by atoms with van der Waals surface area (Å²) >= 11 is 0. The SMILES string of the molecule is Cc1cccc(N)c1C(=N)N1CC(F)(F)CC1C1CC1. The van der Waals surface area contributed by atoms with Crippen molar-refractivity contribution in [1.82, 2.24) is 4.90 Å². The van der Waals surface area contributed by atoms with Gasteiger partial charge in [0.1, 0.15) is 5.84 Å². The van der Waals surface area contributed by atoms with E-state index in [4.69, 9.17) is 11.1 Å². The predicted molar refractivity (Wildman–Crippen MR) is 75.2 cm³/mol. The number of hydrogen-bond acceptors (Lipinski definition) is 2. The number of nitrogens with zero attached hydrogens (tertiary/aromatic N) is 1. The molecule has 1 heterocycles. The minimum absolute atomic E-state index is 0.133. The summed E-state index contributed by atoms with van der Waals surface area (Å²) in [5.74, 6) is -2.24. The first-order valence-corrected chi connectivity index (χ1v) is 6.97. The van der Waals surface area contributed by atoms with E-state index in [2.05, 4.69) is 0 Å². The molecule has 3 rings (SSSR count). The summed E-state index contributed by atoms with van der Waals surface area (Å²) in [6, 6.07) is 5.19. The van der Waals surface area contributed by atoms with Crippen LogP contribution >= 0.6 is 0 Å². The van der Waals surface area contributed by atoms with Crippen LogP contribution in [0.2, 0.25) is 0 Å². The fourth-order valence-electron chi connectivity index (χ4n) is 3.15. The third kappa shape index (κ3) is 2.25. The Morgan fingerprint density at radius 1 is 1.40 bits per heavy atom. The van der Waals surface area contributed by atoms with Crippen molar-refractivity contribution in [3.05, 3.63) is 29.3 Å². The summed E-state index contributed by atoms with van der Waals surface area (Å²) in [5.41, 5.74) is 7.88. The minimum Gasteiger partial charge on any atom is -0.398 e. The molecule has 5 heteroatoms. The van der Waals surface area contributed by atoms with Crippen LogP contribution in [-0.4, -0.2) is 29.2 Å². The number of nitrogens with one attached hydrogen (secondary N) is 1. The van der Waals surface area contributed by atoms with E-state index in [1.165, 1.54) is 0 Å². The molecular formula is C15H19F2N3. The van der Waals surface area contributed by atoms with E-state index >= 15 is 0 Å². The van der Waals surface area contributed by atoms with E-state index in [9.17, 15) is 8.78 Å². The highest BCUT2D eigenvalue weighted by Gasteiger charge is 2.51. The molecule has 1 atom stereocenters. The lowest BCUT2D eigenvalue weighted by atomic mass is 10.0. The van der Waals surface area contributed by atoms with Crippen LogP contribution in [0.5, 0.6) is 0 Å². The van der Waals surface area contributed by atoms with Crippen molar-refractivity contribution >= 4 is 11.5 Å². The van der Waals surface area contributed by atoms with E-state index in [1.807, 2.05) is 19.1 Å². The van der Waals surface area contributed by atoms with Gasteiger partial charge in [0.25, 0.3) is 5.92 Å². The zero-order chi connectivity index (χ0) is 14.5. The maximum absolute atomic E-state index is 13.7. The Balaban J connectivity index is 1.93. The number of alkyl halides is 2. The van der Waals surface area contributed by atoms with E-state index in [-0.39, 0.29) is 24.8 Å². The molecule has 1 saturated heterocycles. The Morgan fingerprint density at radius 3 is 2.70 bits per heavy atom. The highest BCUT2D eigenvalue weighted by atomic mass is 19.3. The molecule has 1 aromatic rings. The molecule has 0 bridgehead atoms. The van der Waals surface area contributed by atoms with Gasteiger partial charge < -0.3 is 10.6 Å². The Morgan fingerprint density at radius 2 is 2.10 bits per heavy atom. The quantitative estimate of drug-likeness (QED) is 0.497. The Kier molecular flexibility index (Phi) is 2.96. The molecule has 2 aliphatic rings. The highest BCUT2D eigenvalue weighted by Crippen LogP contribution is 2.45. The Hall–Kier alpha value is -1.65. The zero-order valence-corrected chi connectivity index (χ0v) is 11.5. The number of likely N-dealkylation sites (tertiary alicyclic amines) is 1. The number of nitrogens with two attached hydrogens (primary N) is 1. The fourth-order valence-corrected chi connectivity index (χ4v) is 3.15. The standard InChI is InChI=1S/C15H19F2N3/c1-9-3-2-4-11(18)13(9)14(19)20-8-15(16,17)7-12(20)10-5-6-10/h2-4,10,12,19H,5-8,18H2,1H3. The molecule has 1 saturated carbocycles. The predicted octanol–water partition coefficient (Wildman–Crippen LogP) is 3.02. The molecule has 0 radical (unpaired) electrons. The van der Waals surface area contributed by atoms with E-state index in [1.54, 1.807) is 11.0 Å². The number of aryl methyl sites for hydroxylation is 1. The number of halogens is 2. The second-order valence-electron chi connectivity index (χ2n) is 5.98. The molecule has 3 N–H and O–H groups in total. The number of amidine groups is 1. The van der Waals surface area contributed by atoms with Crippen molar-refractivity contribution < 1.29 is 8.78 Å². The van der Waals surface area contributed by atoms with Crippen molar-refractivity contribution in [2.45, 2.75) is 38.2 Å². The summed E-state index contributed by atoms with van der Waals surface area (Å²) in [7, 11) is 0. The molecule has 1 aromatic carbocycles. The number of rotatable bonds is 2. The summed E-state index contributed by atoms with van der Waals surface area (Å²) in [4.78, 5) is 1.57. The largest absolute Gasteiger partial charge is 0.398 e. The maximum Gasteiger partial charge on any atom is 0.267 e. The zero-order valence-electron chi connectivity index (χ0n) is 11.5. The monoisotopic (exact) mass is 279 g/mol. The van der Waals surface area contributed by atoms with Crippen LogP contribution < -0.4 is 5.73 Å². The van der Waals surface area contributed by atoms with E-state index in [0.717, 1.165) is 18.4 Å². The topological polar surface area (TPSA) is 53.1 Å².